The Bertz CT molecular complexity index is 1660. The van der Waals surface area contributed by atoms with Crippen molar-refractivity contribution in [3.63, 3.8) is 0 Å². The molecule has 3 amide bonds. The highest BCUT2D eigenvalue weighted by atomic mass is 32.2. The molecule has 2 atom stereocenters. The van der Waals surface area contributed by atoms with Crippen LogP contribution < -0.4 is 16.0 Å². The Morgan fingerprint density at radius 2 is 1.63 bits per heavy atom. The summed E-state index contributed by atoms with van der Waals surface area (Å²) in [5, 5.41) is 9.54. The second kappa shape index (κ2) is 13.1. The molecular weight excluding hydrogens is 608 g/mol. The zero-order valence-electron chi connectivity index (χ0n) is 25.9. The summed E-state index contributed by atoms with van der Waals surface area (Å²) in [6, 6.07) is 16.0. The van der Waals surface area contributed by atoms with Gasteiger partial charge in [-0.1, -0.05) is 48.5 Å². The van der Waals surface area contributed by atoms with Crippen LogP contribution in [0.3, 0.4) is 0 Å². The maximum absolute atomic E-state index is 14.1. The molecule has 1 aromatic heterocycles. The maximum atomic E-state index is 14.1. The monoisotopic (exact) mass is 650 g/mol. The van der Waals surface area contributed by atoms with E-state index < -0.39 is 51.8 Å². The van der Waals surface area contributed by atoms with Gasteiger partial charge in [0.15, 0.2) is 0 Å². The Balaban J connectivity index is 1.19. The van der Waals surface area contributed by atoms with Crippen LogP contribution in [0.5, 0.6) is 0 Å². The topological polar surface area (TPSA) is 167 Å². The van der Waals surface area contributed by atoms with Crippen LogP contribution in [0.25, 0.3) is 10.9 Å². The fraction of sp³-hybridized carbons (Fsp3) is 0.500. The van der Waals surface area contributed by atoms with Crippen LogP contribution in [0, 0.1) is 23.7 Å². The number of aromatic nitrogens is 1. The molecule has 46 heavy (non-hydrogen) atoms. The number of amides is 3. The predicted molar refractivity (Wildman–Crippen MR) is 172 cm³/mol. The Morgan fingerprint density at radius 3 is 2.30 bits per heavy atom. The maximum Gasteiger partial charge on any atom is 0.408 e. The molecule has 1 heterocycles. The first-order chi connectivity index (χ1) is 22.0. The number of alkyl carbamates (subject to hydrolysis) is 1. The number of carbonyl (C=O) groups excluding carboxylic acids is 3. The van der Waals surface area contributed by atoms with E-state index >= 15 is 0 Å². The van der Waals surface area contributed by atoms with E-state index in [0.29, 0.717) is 17.4 Å². The van der Waals surface area contributed by atoms with Crippen LogP contribution in [0.4, 0.5) is 4.79 Å². The van der Waals surface area contributed by atoms with Crippen LogP contribution in [-0.4, -0.2) is 59.8 Å². The molecule has 0 saturated heterocycles. The first-order valence-corrected chi connectivity index (χ1v) is 17.7. The van der Waals surface area contributed by atoms with Gasteiger partial charge in [-0.25, -0.2) is 4.79 Å². The van der Waals surface area contributed by atoms with E-state index in [-0.39, 0.29) is 19.1 Å². The van der Waals surface area contributed by atoms with E-state index in [2.05, 4.69) is 20.9 Å². The zero-order valence-corrected chi connectivity index (χ0v) is 26.7. The highest BCUT2D eigenvalue weighted by Gasteiger charge is 2.50. The first-order valence-electron chi connectivity index (χ1n) is 16.1. The Hall–Kier alpha value is -3.90. The fourth-order valence-corrected chi connectivity index (χ4v) is 8.54. The van der Waals surface area contributed by atoms with E-state index in [1.54, 1.807) is 31.2 Å². The SMILES string of the molecule is C[C@@](Cc1c[nH]c2ccccc12)(NC(=O)OC1C2CC3CC(C2)CC1C3)C(=O)NC[C@@H](NC(=O)CCS(=O)(=O)O)c1ccccc1. The Morgan fingerprint density at radius 1 is 0.978 bits per heavy atom. The fourth-order valence-electron chi connectivity index (χ4n) is 8.10. The number of carbonyl (C=O) groups is 3. The van der Waals surface area contributed by atoms with Gasteiger partial charge in [-0.05, 0) is 79.9 Å². The summed E-state index contributed by atoms with van der Waals surface area (Å²) in [5.74, 6) is 0.417. The van der Waals surface area contributed by atoms with Crippen molar-refractivity contribution in [1.29, 1.82) is 0 Å². The molecule has 4 aliphatic carbocycles. The van der Waals surface area contributed by atoms with Crippen LogP contribution in [0.1, 0.15) is 62.6 Å². The molecule has 5 N–H and O–H groups in total. The molecule has 12 heteroatoms. The van der Waals surface area contributed by atoms with Gasteiger partial charge < -0.3 is 25.7 Å². The van der Waals surface area contributed by atoms with Gasteiger partial charge in [0, 0.05) is 36.5 Å². The molecule has 2 aromatic carbocycles. The summed E-state index contributed by atoms with van der Waals surface area (Å²) >= 11 is 0. The second-order valence-corrected chi connectivity index (χ2v) is 15.1. The number of aromatic amines is 1. The quantitative estimate of drug-likeness (QED) is 0.183. The number of hydrogen-bond donors (Lipinski definition) is 5. The predicted octanol–water partition coefficient (Wildman–Crippen LogP) is 4.27. The molecule has 11 nitrogen and oxygen atoms in total. The molecular formula is C34H42N4O7S. The minimum Gasteiger partial charge on any atom is -0.446 e. The highest BCUT2D eigenvalue weighted by molar-refractivity contribution is 7.85. The number of rotatable bonds is 12. The van der Waals surface area contributed by atoms with Crippen molar-refractivity contribution >= 4 is 38.9 Å². The molecule has 4 fully saturated rings. The normalized spacial score (nSPS) is 25.4. The van der Waals surface area contributed by atoms with Crippen molar-refractivity contribution in [3.05, 3.63) is 71.9 Å². The number of fused-ring (bicyclic) bond motifs is 1. The Kier molecular flexibility index (Phi) is 9.11. The van der Waals surface area contributed by atoms with Crippen molar-refractivity contribution in [2.24, 2.45) is 23.7 Å². The van der Waals surface area contributed by atoms with Gasteiger partial charge in [0.1, 0.15) is 11.6 Å². The van der Waals surface area contributed by atoms with Gasteiger partial charge >= 0.3 is 6.09 Å². The lowest BCUT2D eigenvalue weighted by Gasteiger charge is -2.53. The second-order valence-electron chi connectivity index (χ2n) is 13.6. The molecule has 0 spiro atoms. The van der Waals surface area contributed by atoms with Gasteiger partial charge in [0.2, 0.25) is 11.8 Å². The summed E-state index contributed by atoms with van der Waals surface area (Å²) in [6.45, 7) is 1.64. The molecule has 4 bridgehead atoms. The molecule has 7 rings (SSSR count). The van der Waals surface area contributed by atoms with Crippen molar-refractivity contribution in [1.82, 2.24) is 20.9 Å². The lowest BCUT2D eigenvalue weighted by Crippen LogP contribution is -2.60. The van der Waals surface area contributed by atoms with Gasteiger partial charge in [0.25, 0.3) is 10.1 Å². The first kappa shape index (κ1) is 32.1. The summed E-state index contributed by atoms with van der Waals surface area (Å²) < 4.78 is 37.6. The summed E-state index contributed by atoms with van der Waals surface area (Å²) in [6.07, 6.45) is 6.47. The number of hydrogen-bond acceptors (Lipinski definition) is 6. The molecule has 246 valence electrons. The van der Waals surface area contributed by atoms with Crippen LogP contribution in [-0.2, 0) is 30.9 Å². The van der Waals surface area contributed by atoms with Crippen LogP contribution >= 0.6 is 0 Å². The number of ether oxygens (including phenoxy) is 1. The molecule has 4 aliphatic rings. The van der Waals surface area contributed by atoms with Crippen molar-refractivity contribution < 1.29 is 32.1 Å². The zero-order chi connectivity index (χ0) is 32.5. The standard InChI is InChI=1S/C34H42N4O7S/c1-34(18-26-19-35-28-10-6-5-9-27(26)28,38-33(41)45-31-24-14-21-13-22(16-24)17-25(31)15-21)32(40)36-20-29(23-7-3-2-4-8-23)37-30(39)11-12-46(42,43)44/h2-10,19,21-22,24-25,29,31,35H,11-18,20H2,1H3,(H,36,40)(H,37,39)(H,38,41)(H,42,43,44)/t21?,22?,24?,25?,29-,31?,34+/m1/s1. The average Bonchev–Trinajstić information content (AvgIpc) is 3.41. The third kappa shape index (κ3) is 7.39. The third-order valence-electron chi connectivity index (χ3n) is 10.1. The third-order valence-corrected chi connectivity index (χ3v) is 10.8. The Labute approximate surface area is 269 Å². The summed E-state index contributed by atoms with van der Waals surface area (Å²) in [4.78, 5) is 43.5. The lowest BCUT2D eigenvalue weighted by atomic mass is 9.55. The van der Waals surface area contributed by atoms with E-state index in [0.717, 1.165) is 54.0 Å². The molecule has 0 unspecified atom stereocenters. The van der Waals surface area contributed by atoms with Crippen molar-refractivity contribution in [2.75, 3.05) is 12.3 Å². The number of nitrogens with one attached hydrogen (secondary N) is 4. The average molecular weight is 651 g/mol. The molecule has 3 aromatic rings. The van der Waals surface area contributed by atoms with Gasteiger partial charge in [0.05, 0.1) is 11.8 Å². The summed E-state index contributed by atoms with van der Waals surface area (Å²) in [5.41, 5.74) is 1.04. The molecule has 4 saturated carbocycles. The van der Waals surface area contributed by atoms with E-state index in [1.807, 2.05) is 36.5 Å². The van der Waals surface area contributed by atoms with E-state index in [1.165, 1.54) is 6.42 Å². The van der Waals surface area contributed by atoms with Crippen molar-refractivity contribution in [2.45, 2.75) is 69.6 Å². The van der Waals surface area contributed by atoms with E-state index in [9.17, 15) is 22.8 Å². The van der Waals surface area contributed by atoms with Gasteiger partial charge in [-0.3, -0.25) is 14.1 Å². The summed E-state index contributed by atoms with van der Waals surface area (Å²) in [7, 11) is -4.32. The van der Waals surface area contributed by atoms with Gasteiger partial charge in [-0.2, -0.15) is 8.42 Å². The largest absolute Gasteiger partial charge is 0.446 e. The van der Waals surface area contributed by atoms with Gasteiger partial charge in [-0.15, -0.1) is 0 Å². The van der Waals surface area contributed by atoms with Crippen LogP contribution in [0.15, 0.2) is 60.8 Å². The number of para-hydroxylation sites is 1. The highest BCUT2D eigenvalue weighted by Crippen LogP contribution is 2.54. The minimum absolute atomic E-state index is 0.0315. The smallest absolute Gasteiger partial charge is 0.408 e. The van der Waals surface area contributed by atoms with Crippen LogP contribution in [0.2, 0.25) is 0 Å². The van der Waals surface area contributed by atoms with Crippen molar-refractivity contribution in [3.8, 4) is 0 Å². The number of H-pyrrole nitrogens is 1. The van der Waals surface area contributed by atoms with E-state index in [4.69, 9.17) is 9.29 Å². The minimum atomic E-state index is -4.32. The number of benzene rings is 2. The lowest BCUT2D eigenvalue weighted by molar-refractivity contribution is -0.128. The molecule has 0 radical (unpaired) electrons. The molecule has 0 aliphatic heterocycles.